The molecule has 1 amide bonds. The number of hydrogen-bond acceptors (Lipinski definition) is 4. The van der Waals surface area contributed by atoms with Gasteiger partial charge in [0.05, 0.1) is 16.8 Å². The molecule has 0 aromatic carbocycles. The van der Waals surface area contributed by atoms with Crippen molar-refractivity contribution >= 4 is 23.2 Å². The van der Waals surface area contributed by atoms with Gasteiger partial charge in [-0.2, -0.15) is 0 Å². The molecule has 3 heterocycles. The van der Waals surface area contributed by atoms with Crippen molar-refractivity contribution < 1.29 is 9.90 Å². The maximum atomic E-state index is 12.5. The average Bonchev–Trinajstić information content (AvgIpc) is 2.84. The van der Waals surface area contributed by atoms with Crippen molar-refractivity contribution in [1.82, 2.24) is 19.2 Å². The number of β-amino-alcohol motifs (C(OH)–C–C–N with tert-alkyl or cyclic N) is 1. The van der Waals surface area contributed by atoms with Gasteiger partial charge in [-0.1, -0.05) is 11.6 Å². The Bertz CT molecular complexity index is 728. The monoisotopic (exact) mass is 336 g/mol. The number of nitrogens with zero attached hydrogens (tertiary/aromatic N) is 4. The number of piperidine rings is 1. The van der Waals surface area contributed by atoms with Gasteiger partial charge in [-0.15, -0.1) is 0 Å². The molecule has 6 nitrogen and oxygen atoms in total. The summed E-state index contributed by atoms with van der Waals surface area (Å²) in [5.41, 5.74) is 1.96. The predicted molar refractivity (Wildman–Crippen MR) is 88.7 cm³/mol. The van der Waals surface area contributed by atoms with Crippen LogP contribution in [0.2, 0.25) is 5.02 Å². The normalized spacial score (nSPS) is 19.2. The zero-order chi connectivity index (χ0) is 16.6. The molecule has 1 atom stereocenters. The maximum absolute atomic E-state index is 12.5. The molecule has 23 heavy (non-hydrogen) atoms. The van der Waals surface area contributed by atoms with Crippen molar-refractivity contribution in [3.8, 4) is 0 Å². The third-order valence-electron chi connectivity index (χ3n) is 4.14. The Morgan fingerprint density at radius 2 is 2.26 bits per heavy atom. The fraction of sp³-hybridized carbons (Fsp3) is 0.500. The third kappa shape index (κ3) is 3.34. The Kier molecular flexibility index (Phi) is 4.57. The van der Waals surface area contributed by atoms with E-state index in [-0.39, 0.29) is 12.0 Å². The second kappa shape index (κ2) is 6.47. The molecule has 2 aromatic rings. The van der Waals surface area contributed by atoms with Crippen LogP contribution < -0.4 is 0 Å². The molecule has 0 aliphatic carbocycles. The number of likely N-dealkylation sites (tertiary alicyclic amines) is 1. The molecular formula is C16H21ClN4O2. The van der Waals surface area contributed by atoms with Crippen molar-refractivity contribution in [2.75, 3.05) is 27.2 Å². The number of hydrogen-bond donors (Lipinski definition) is 1. The van der Waals surface area contributed by atoms with Crippen LogP contribution in [0.15, 0.2) is 18.3 Å². The molecule has 0 spiro atoms. The first kappa shape index (κ1) is 16.2. The Morgan fingerprint density at radius 1 is 1.48 bits per heavy atom. The molecule has 0 radical (unpaired) electrons. The Hall–Kier alpha value is -1.63. The van der Waals surface area contributed by atoms with Gasteiger partial charge < -0.3 is 14.4 Å². The van der Waals surface area contributed by atoms with E-state index < -0.39 is 0 Å². The van der Waals surface area contributed by atoms with Gasteiger partial charge in [0.15, 0.2) is 5.69 Å². The van der Waals surface area contributed by atoms with Crippen LogP contribution in [-0.4, -0.2) is 63.5 Å². The summed E-state index contributed by atoms with van der Waals surface area (Å²) >= 11 is 6.11. The minimum absolute atomic E-state index is 0.127. The molecule has 1 aliphatic rings. The first-order chi connectivity index (χ1) is 11.0. The molecule has 1 fully saturated rings. The van der Waals surface area contributed by atoms with E-state index in [1.807, 2.05) is 10.5 Å². The number of aliphatic hydroxyl groups is 1. The molecule has 1 saturated heterocycles. The molecule has 0 unspecified atom stereocenters. The van der Waals surface area contributed by atoms with Gasteiger partial charge in [-0.05, 0) is 31.5 Å². The van der Waals surface area contributed by atoms with Crippen molar-refractivity contribution in [3.63, 3.8) is 0 Å². The topological polar surface area (TPSA) is 61.1 Å². The van der Waals surface area contributed by atoms with E-state index >= 15 is 0 Å². The number of pyridine rings is 1. The van der Waals surface area contributed by atoms with Gasteiger partial charge >= 0.3 is 0 Å². The summed E-state index contributed by atoms with van der Waals surface area (Å²) in [5, 5.41) is 10.5. The first-order valence-corrected chi connectivity index (χ1v) is 8.12. The van der Waals surface area contributed by atoms with E-state index in [1.165, 1.54) is 4.90 Å². The van der Waals surface area contributed by atoms with Crippen LogP contribution in [0.25, 0.3) is 5.65 Å². The minimum Gasteiger partial charge on any atom is -0.392 e. The lowest BCUT2D eigenvalue weighted by Gasteiger charge is -2.30. The number of halogens is 1. The van der Waals surface area contributed by atoms with Crippen LogP contribution in [0.1, 0.15) is 29.0 Å². The lowest BCUT2D eigenvalue weighted by atomic mass is 10.1. The summed E-state index contributed by atoms with van der Waals surface area (Å²) in [6.45, 7) is 2.08. The van der Waals surface area contributed by atoms with E-state index in [2.05, 4.69) is 9.88 Å². The highest BCUT2D eigenvalue weighted by Crippen LogP contribution is 2.21. The van der Waals surface area contributed by atoms with Crippen LogP contribution in [0, 0.1) is 0 Å². The average molecular weight is 337 g/mol. The number of carbonyl (C=O) groups is 1. The summed E-state index contributed by atoms with van der Waals surface area (Å²) in [4.78, 5) is 20.6. The molecule has 2 aromatic heterocycles. The van der Waals surface area contributed by atoms with E-state index in [4.69, 9.17) is 11.6 Å². The highest BCUT2D eigenvalue weighted by Gasteiger charge is 2.24. The minimum atomic E-state index is -0.306. The van der Waals surface area contributed by atoms with Crippen LogP contribution in [0.3, 0.4) is 0 Å². The van der Waals surface area contributed by atoms with E-state index in [9.17, 15) is 9.90 Å². The second-order valence-electron chi connectivity index (χ2n) is 6.21. The van der Waals surface area contributed by atoms with Crippen LogP contribution in [-0.2, 0) is 6.54 Å². The van der Waals surface area contributed by atoms with Crippen molar-refractivity contribution in [2.24, 2.45) is 0 Å². The summed E-state index contributed by atoms with van der Waals surface area (Å²) in [6.07, 6.45) is 3.26. The van der Waals surface area contributed by atoms with Gasteiger partial charge in [0.2, 0.25) is 0 Å². The largest absolute Gasteiger partial charge is 0.392 e. The molecule has 1 aliphatic heterocycles. The molecule has 1 N–H and O–H groups in total. The summed E-state index contributed by atoms with van der Waals surface area (Å²) in [6, 6.07) is 3.57. The smallest absolute Gasteiger partial charge is 0.273 e. The van der Waals surface area contributed by atoms with Crippen LogP contribution in [0.4, 0.5) is 0 Å². The molecule has 124 valence electrons. The zero-order valence-electron chi connectivity index (χ0n) is 13.4. The molecule has 0 saturated carbocycles. The van der Waals surface area contributed by atoms with Crippen LogP contribution in [0.5, 0.6) is 0 Å². The second-order valence-corrected chi connectivity index (χ2v) is 6.65. The highest BCUT2D eigenvalue weighted by atomic mass is 35.5. The van der Waals surface area contributed by atoms with Gasteiger partial charge in [0, 0.05) is 33.4 Å². The van der Waals surface area contributed by atoms with E-state index in [0.29, 0.717) is 29.5 Å². The lowest BCUT2D eigenvalue weighted by Crippen LogP contribution is -2.38. The maximum Gasteiger partial charge on any atom is 0.273 e. The lowest BCUT2D eigenvalue weighted by molar-refractivity contribution is 0.0655. The highest BCUT2D eigenvalue weighted by molar-refractivity contribution is 6.30. The summed E-state index contributed by atoms with van der Waals surface area (Å²) in [7, 11) is 3.43. The molecule has 7 heteroatoms. The van der Waals surface area contributed by atoms with E-state index in [0.717, 1.165) is 25.1 Å². The summed E-state index contributed by atoms with van der Waals surface area (Å²) in [5.74, 6) is -0.127. The number of carbonyl (C=O) groups excluding carboxylic acids is 1. The molecule has 3 rings (SSSR count). The van der Waals surface area contributed by atoms with Gasteiger partial charge in [-0.25, -0.2) is 4.98 Å². The van der Waals surface area contributed by atoms with Crippen LogP contribution >= 0.6 is 11.6 Å². The van der Waals surface area contributed by atoms with Gasteiger partial charge in [-0.3, -0.25) is 9.69 Å². The third-order valence-corrected chi connectivity index (χ3v) is 4.37. The number of imidazole rings is 1. The van der Waals surface area contributed by atoms with Gasteiger partial charge in [0.25, 0.3) is 5.91 Å². The van der Waals surface area contributed by atoms with Crippen molar-refractivity contribution in [3.05, 3.63) is 34.7 Å². The quantitative estimate of drug-likeness (QED) is 0.925. The Balaban J connectivity index is 2.02. The van der Waals surface area contributed by atoms with Crippen molar-refractivity contribution in [2.45, 2.75) is 25.5 Å². The molecule has 0 bridgehead atoms. The van der Waals surface area contributed by atoms with Gasteiger partial charge in [0.1, 0.15) is 5.65 Å². The fourth-order valence-corrected chi connectivity index (χ4v) is 3.15. The summed E-state index contributed by atoms with van der Waals surface area (Å²) < 4.78 is 1.88. The number of aromatic nitrogens is 2. The number of amides is 1. The predicted octanol–water partition coefficient (Wildman–Crippen LogP) is 1.65. The fourth-order valence-electron chi connectivity index (χ4n) is 2.99. The molecular weight excluding hydrogens is 316 g/mol. The zero-order valence-corrected chi connectivity index (χ0v) is 14.1. The SMILES string of the molecule is CN(C)C(=O)c1nc2ccc(Cl)cn2c1CN1CCC[C@H](O)C1. The number of rotatable bonds is 3. The Morgan fingerprint density at radius 3 is 2.96 bits per heavy atom. The first-order valence-electron chi connectivity index (χ1n) is 7.74. The van der Waals surface area contributed by atoms with Crippen molar-refractivity contribution in [1.29, 1.82) is 0 Å². The standard InChI is InChI=1S/C16H21ClN4O2/c1-19(2)16(23)15-13(10-20-7-3-4-12(22)9-20)21-8-11(17)5-6-14(21)18-15/h5-6,8,12,22H,3-4,7,9-10H2,1-2H3/t12-/m0/s1. The number of fused-ring (bicyclic) bond motifs is 1. The number of aliphatic hydroxyl groups excluding tert-OH is 1. The Labute approximate surface area is 140 Å². The van der Waals surface area contributed by atoms with E-state index in [1.54, 1.807) is 26.4 Å².